The molecule has 212 valence electrons. The second-order valence-corrected chi connectivity index (χ2v) is 11.6. The van der Waals surface area contributed by atoms with Crippen molar-refractivity contribution in [3.8, 4) is 0 Å². The molecule has 9 heteroatoms. The summed E-state index contributed by atoms with van der Waals surface area (Å²) in [5.41, 5.74) is 6.10. The minimum atomic E-state index is -0.988. The maximum Gasteiger partial charge on any atom is 0.352 e. The Bertz CT molecular complexity index is 1110. The largest absolute Gasteiger partial charge is 0.462 e. The predicted octanol–water partition coefficient (Wildman–Crippen LogP) is 2.60. The molecule has 1 saturated carbocycles. The van der Waals surface area contributed by atoms with Crippen LogP contribution in [0, 0.1) is 5.92 Å². The number of hydrogen-bond acceptors (Lipinski definition) is 5. The zero-order chi connectivity index (χ0) is 27.8. The highest BCUT2D eigenvalue weighted by molar-refractivity contribution is 5.86. The monoisotopic (exact) mass is 537 g/mol. The van der Waals surface area contributed by atoms with E-state index in [9.17, 15) is 15.0 Å². The van der Waals surface area contributed by atoms with Crippen LogP contribution in [0.25, 0.3) is 6.20 Å². The fraction of sp³-hybridized carbons (Fsp3) is 0.567. The SMILES string of the molecule is CC(C)(N)C(O)=[NH+]C(CC1CCCCC1)C(O)Nc1cn(/C=C/C(C(=O)N2CCCC2)c2ccccc2)cn1. The highest BCUT2D eigenvalue weighted by atomic mass is 16.3. The molecule has 9 nitrogen and oxygen atoms in total. The third kappa shape index (κ3) is 8.16. The van der Waals surface area contributed by atoms with Crippen LogP contribution in [-0.2, 0) is 4.79 Å². The average molecular weight is 538 g/mol. The lowest BCUT2D eigenvalue weighted by atomic mass is 9.84. The Kier molecular flexibility index (Phi) is 9.80. The number of nitrogens with two attached hydrogens (primary N) is 1. The average Bonchev–Trinajstić information content (AvgIpc) is 3.62. The van der Waals surface area contributed by atoms with Crippen molar-refractivity contribution in [2.45, 2.75) is 88.9 Å². The number of aliphatic hydroxyl groups excluding tert-OH is 2. The summed E-state index contributed by atoms with van der Waals surface area (Å²) in [6.45, 7) is 5.05. The Morgan fingerprint density at radius 3 is 2.54 bits per heavy atom. The number of aliphatic hydroxyl groups is 2. The number of anilines is 1. The summed E-state index contributed by atoms with van der Waals surface area (Å²) in [5.74, 6) is 0.656. The van der Waals surface area contributed by atoms with E-state index in [0.717, 1.165) is 44.3 Å². The van der Waals surface area contributed by atoms with Crippen LogP contribution in [-0.4, -0.2) is 67.4 Å². The molecule has 2 fully saturated rings. The molecule has 39 heavy (non-hydrogen) atoms. The first-order valence-corrected chi connectivity index (χ1v) is 14.3. The summed E-state index contributed by atoms with van der Waals surface area (Å²) in [5, 5.41) is 24.7. The van der Waals surface area contributed by atoms with Gasteiger partial charge in [-0.15, -0.1) is 0 Å². The highest BCUT2D eigenvalue weighted by Crippen LogP contribution is 2.27. The number of aromatic nitrogens is 2. The molecule has 2 aliphatic rings. The van der Waals surface area contributed by atoms with E-state index in [0.29, 0.717) is 18.2 Å². The second-order valence-electron chi connectivity index (χ2n) is 11.6. The van der Waals surface area contributed by atoms with Crippen molar-refractivity contribution in [2.75, 3.05) is 18.4 Å². The van der Waals surface area contributed by atoms with E-state index >= 15 is 0 Å². The van der Waals surface area contributed by atoms with E-state index in [4.69, 9.17) is 5.73 Å². The lowest BCUT2D eigenvalue weighted by Gasteiger charge is -2.25. The van der Waals surface area contributed by atoms with Gasteiger partial charge in [0.05, 0.1) is 12.1 Å². The molecular weight excluding hydrogens is 492 g/mol. The summed E-state index contributed by atoms with van der Waals surface area (Å²) >= 11 is 0. The molecule has 0 bridgehead atoms. The Hall–Kier alpha value is -3.17. The van der Waals surface area contributed by atoms with E-state index in [1.807, 2.05) is 47.5 Å². The van der Waals surface area contributed by atoms with Gasteiger partial charge < -0.3 is 30.7 Å². The summed E-state index contributed by atoms with van der Waals surface area (Å²) in [7, 11) is 0. The maximum absolute atomic E-state index is 13.3. The van der Waals surface area contributed by atoms with Crippen molar-refractivity contribution in [3.63, 3.8) is 0 Å². The van der Waals surface area contributed by atoms with Crippen LogP contribution in [0.3, 0.4) is 0 Å². The minimum Gasteiger partial charge on any atom is -0.462 e. The molecule has 4 rings (SSSR count). The molecule has 1 aromatic heterocycles. The number of imidazole rings is 1. The lowest BCUT2D eigenvalue weighted by Crippen LogP contribution is -2.87. The first-order valence-electron chi connectivity index (χ1n) is 14.3. The van der Waals surface area contributed by atoms with Crippen LogP contribution in [0.15, 0.2) is 48.9 Å². The number of nitrogens with one attached hydrogen (secondary N) is 2. The molecule has 3 unspecified atom stereocenters. The van der Waals surface area contributed by atoms with Gasteiger partial charge in [0.2, 0.25) is 5.91 Å². The standard InChI is InChI=1S/C30H44N6O3/c1-30(2,31)29(39)33-25(19-22-11-5-3-6-12-22)27(37)34-26-20-35(21-32-26)18-15-24(23-13-7-4-8-14-23)28(38)36-16-9-10-17-36/h4,7-8,13-15,18,20-22,24-25,27,34,37H,3,5-6,9-12,16-17,19,31H2,1-2H3,(H,33,39)/p+1/b18-15+. The van der Waals surface area contributed by atoms with Crippen LogP contribution >= 0.6 is 0 Å². The van der Waals surface area contributed by atoms with Gasteiger partial charge in [-0.05, 0) is 38.2 Å². The van der Waals surface area contributed by atoms with Crippen LogP contribution < -0.4 is 16.0 Å². The van der Waals surface area contributed by atoms with Crippen LogP contribution in [0.1, 0.15) is 76.7 Å². The number of amides is 1. The zero-order valence-electron chi connectivity index (χ0n) is 23.3. The molecule has 1 aromatic carbocycles. The Morgan fingerprint density at radius 1 is 1.18 bits per heavy atom. The van der Waals surface area contributed by atoms with E-state index < -0.39 is 17.8 Å². The molecule has 3 atom stereocenters. The van der Waals surface area contributed by atoms with Crippen molar-refractivity contribution in [1.29, 1.82) is 0 Å². The van der Waals surface area contributed by atoms with Crippen LogP contribution in [0.2, 0.25) is 0 Å². The molecule has 6 N–H and O–H groups in total. The molecule has 2 heterocycles. The number of hydrogen-bond donors (Lipinski definition) is 5. The number of benzene rings is 1. The van der Waals surface area contributed by atoms with Crippen molar-refractivity contribution in [3.05, 3.63) is 54.5 Å². The number of rotatable bonds is 11. The van der Waals surface area contributed by atoms with Gasteiger partial charge in [0.25, 0.3) is 0 Å². The first kappa shape index (κ1) is 28.8. The topological polar surface area (TPSA) is 131 Å². The van der Waals surface area contributed by atoms with Crippen LogP contribution in [0.4, 0.5) is 5.82 Å². The van der Waals surface area contributed by atoms with Gasteiger partial charge in [0.1, 0.15) is 17.7 Å². The molecule has 1 aliphatic heterocycles. The van der Waals surface area contributed by atoms with E-state index in [1.165, 1.54) is 19.3 Å². The minimum absolute atomic E-state index is 0.0488. The van der Waals surface area contributed by atoms with E-state index in [1.54, 1.807) is 30.9 Å². The van der Waals surface area contributed by atoms with Crippen molar-refractivity contribution in [2.24, 2.45) is 11.7 Å². The van der Waals surface area contributed by atoms with Gasteiger partial charge in [-0.1, -0.05) is 68.5 Å². The molecule has 1 amide bonds. The quantitative estimate of drug-likeness (QED) is 0.170. The number of carbonyl (C=O) groups is 1. The van der Waals surface area contributed by atoms with E-state index in [2.05, 4.69) is 15.3 Å². The fourth-order valence-corrected chi connectivity index (χ4v) is 5.47. The zero-order valence-corrected chi connectivity index (χ0v) is 23.3. The summed E-state index contributed by atoms with van der Waals surface area (Å²) in [4.78, 5) is 22.7. The van der Waals surface area contributed by atoms with Crippen molar-refractivity contribution < 1.29 is 20.0 Å². The fourth-order valence-electron chi connectivity index (χ4n) is 5.47. The Labute approximate surface area is 231 Å². The van der Waals surface area contributed by atoms with Gasteiger partial charge in [0, 0.05) is 25.7 Å². The second kappa shape index (κ2) is 13.3. The Morgan fingerprint density at radius 2 is 1.87 bits per heavy atom. The van der Waals surface area contributed by atoms with Crippen LogP contribution in [0.5, 0.6) is 0 Å². The summed E-state index contributed by atoms with van der Waals surface area (Å²) in [6.07, 6.45) is 14.9. The van der Waals surface area contributed by atoms with Gasteiger partial charge in [0.15, 0.2) is 12.3 Å². The molecular formula is C30H45N6O3+. The third-order valence-electron chi connectivity index (χ3n) is 7.82. The van der Waals surface area contributed by atoms with Gasteiger partial charge in [-0.2, -0.15) is 0 Å². The smallest absolute Gasteiger partial charge is 0.352 e. The molecule has 1 aliphatic carbocycles. The van der Waals surface area contributed by atoms with Gasteiger partial charge in [-0.25, -0.2) is 9.98 Å². The van der Waals surface area contributed by atoms with Gasteiger partial charge >= 0.3 is 5.90 Å². The van der Waals surface area contributed by atoms with Crippen molar-refractivity contribution >= 4 is 23.8 Å². The van der Waals surface area contributed by atoms with Gasteiger partial charge in [-0.3, -0.25) is 4.79 Å². The summed E-state index contributed by atoms with van der Waals surface area (Å²) < 4.78 is 1.78. The molecule has 2 aromatic rings. The summed E-state index contributed by atoms with van der Waals surface area (Å²) in [6, 6.07) is 9.38. The van der Waals surface area contributed by atoms with E-state index in [-0.39, 0.29) is 17.7 Å². The molecule has 0 radical (unpaired) electrons. The predicted molar refractivity (Wildman–Crippen MR) is 154 cm³/mol. The number of nitrogens with zero attached hydrogens (tertiary/aromatic N) is 3. The Balaban J connectivity index is 1.46. The molecule has 0 spiro atoms. The highest BCUT2D eigenvalue weighted by Gasteiger charge is 2.33. The number of carbonyl (C=O) groups excluding carboxylic acids is 1. The number of likely N-dealkylation sites (tertiary alicyclic amines) is 1. The lowest BCUT2D eigenvalue weighted by molar-refractivity contribution is -0.528. The molecule has 1 saturated heterocycles. The third-order valence-corrected chi connectivity index (χ3v) is 7.82. The first-order chi connectivity index (χ1) is 18.7. The normalized spacial score (nSPS) is 19.8. The maximum atomic E-state index is 13.3. The van der Waals surface area contributed by atoms with Crippen molar-refractivity contribution in [1.82, 2.24) is 14.5 Å².